The molecular weight excluding hydrogens is 312 g/mol. The molecule has 0 radical (unpaired) electrons. The summed E-state index contributed by atoms with van der Waals surface area (Å²) in [7, 11) is 1.59. The van der Waals surface area contributed by atoms with Crippen molar-refractivity contribution in [2.75, 3.05) is 29.8 Å². The molecule has 0 saturated heterocycles. The zero-order valence-electron chi connectivity index (χ0n) is 13.0. The van der Waals surface area contributed by atoms with Gasteiger partial charge in [0.15, 0.2) is 0 Å². The first kappa shape index (κ1) is 16.9. The molecule has 5 nitrogen and oxygen atoms in total. The number of ether oxygens (including phenoxy) is 1. The molecule has 0 saturated carbocycles. The first-order valence-electron chi connectivity index (χ1n) is 6.96. The third kappa shape index (κ3) is 5.03. The van der Waals surface area contributed by atoms with Crippen LogP contribution in [0.25, 0.3) is 0 Å². The zero-order valence-corrected chi connectivity index (χ0v) is 13.8. The molecular formula is C17H18N2O3S. The van der Waals surface area contributed by atoms with Crippen LogP contribution in [0.2, 0.25) is 0 Å². The number of nitrogens with one attached hydrogen (secondary N) is 2. The Kier molecular flexibility index (Phi) is 6.05. The molecule has 2 rings (SSSR count). The number of rotatable bonds is 6. The highest BCUT2D eigenvalue weighted by Crippen LogP contribution is 2.16. The fraction of sp³-hybridized carbons (Fsp3) is 0.176. The van der Waals surface area contributed by atoms with Gasteiger partial charge in [0.2, 0.25) is 5.91 Å². The number of hydrogen-bond acceptors (Lipinski definition) is 4. The maximum Gasteiger partial charge on any atom is 0.255 e. The molecule has 0 heterocycles. The van der Waals surface area contributed by atoms with Crippen LogP contribution < -0.4 is 15.4 Å². The van der Waals surface area contributed by atoms with E-state index in [0.29, 0.717) is 22.7 Å². The molecule has 2 aromatic carbocycles. The SMILES string of the molecule is COc1ccc(NC(=O)c2ccc(NC(=O)CSC)cc2)cc1. The van der Waals surface area contributed by atoms with Crippen molar-refractivity contribution in [2.45, 2.75) is 0 Å². The second-order valence-corrected chi connectivity index (χ2v) is 5.61. The van der Waals surface area contributed by atoms with Gasteiger partial charge >= 0.3 is 0 Å². The van der Waals surface area contributed by atoms with E-state index in [-0.39, 0.29) is 11.8 Å². The maximum absolute atomic E-state index is 12.2. The van der Waals surface area contributed by atoms with Crippen molar-refractivity contribution < 1.29 is 14.3 Å². The Morgan fingerprint density at radius 1 is 0.957 bits per heavy atom. The molecule has 0 aliphatic heterocycles. The van der Waals surface area contributed by atoms with Crippen LogP contribution >= 0.6 is 11.8 Å². The number of anilines is 2. The first-order chi connectivity index (χ1) is 11.1. The lowest BCUT2D eigenvalue weighted by Crippen LogP contribution is -2.14. The van der Waals surface area contributed by atoms with Crippen molar-refractivity contribution in [1.82, 2.24) is 0 Å². The van der Waals surface area contributed by atoms with Gasteiger partial charge in [-0.1, -0.05) is 0 Å². The summed E-state index contributed by atoms with van der Waals surface area (Å²) in [4.78, 5) is 23.7. The van der Waals surface area contributed by atoms with E-state index in [4.69, 9.17) is 4.74 Å². The molecule has 0 fully saturated rings. The molecule has 0 spiro atoms. The van der Waals surface area contributed by atoms with E-state index >= 15 is 0 Å². The fourth-order valence-corrected chi connectivity index (χ4v) is 2.25. The van der Waals surface area contributed by atoms with Gasteiger partial charge in [-0.15, -0.1) is 0 Å². The Morgan fingerprint density at radius 3 is 2.09 bits per heavy atom. The number of hydrogen-bond donors (Lipinski definition) is 2. The van der Waals surface area contributed by atoms with Crippen LogP contribution in [0.3, 0.4) is 0 Å². The van der Waals surface area contributed by atoms with E-state index in [1.54, 1.807) is 55.6 Å². The molecule has 2 aromatic rings. The lowest BCUT2D eigenvalue weighted by Gasteiger charge is -2.08. The second-order valence-electron chi connectivity index (χ2n) is 4.74. The minimum atomic E-state index is -0.211. The van der Waals surface area contributed by atoms with Gasteiger partial charge in [-0.3, -0.25) is 9.59 Å². The summed E-state index contributed by atoms with van der Waals surface area (Å²) in [6.07, 6.45) is 1.87. The lowest BCUT2D eigenvalue weighted by molar-refractivity contribution is -0.113. The van der Waals surface area contributed by atoms with Crippen LogP contribution in [0.4, 0.5) is 11.4 Å². The fourth-order valence-electron chi connectivity index (χ4n) is 1.91. The van der Waals surface area contributed by atoms with Gasteiger partial charge in [-0.25, -0.2) is 0 Å². The van der Waals surface area contributed by atoms with Crippen molar-refractivity contribution in [1.29, 1.82) is 0 Å². The highest BCUT2D eigenvalue weighted by Gasteiger charge is 2.07. The van der Waals surface area contributed by atoms with Gasteiger partial charge in [0.25, 0.3) is 5.91 Å². The molecule has 0 bridgehead atoms. The average molecular weight is 330 g/mol. The highest BCUT2D eigenvalue weighted by molar-refractivity contribution is 7.99. The van der Waals surface area contributed by atoms with Crippen molar-refractivity contribution in [3.05, 3.63) is 54.1 Å². The smallest absolute Gasteiger partial charge is 0.255 e. The Bertz CT molecular complexity index is 669. The standard InChI is InChI=1S/C17H18N2O3S/c1-22-15-9-7-14(8-10-15)19-17(21)12-3-5-13(6-4-12)18-16(20)11-23-2/h3-10H,11H2,1-2H3,(H,18,20)(H,19,21). The number of carbonyl (C=O) groups excluding carboxylic acids is 2. The molecule has 6 heteroatoms. The van der Waals surface area contributed by atoms with Crippen LogP contribution in [0.1, 0.15) is 10.4 Å². The number of amides is 2. The van der Waals surface area contributed by atoms with E-state index in [1.165, 1.54) is 11.8 Å². The first-order valence-corrected chi connectivity index (χ1v) is 8.36. The summed E-state index contributed by atoms with van der Waals surface area (Å²) < 4.78 is 5.07. The van der Waals surface area contributed by atoms with E-state index in [0.717, 1.165) is 5.75 Å². The summed E-state index contributed by atoms with van der Waals surface area (Å²) >= 11 is 1.46. The van der Waals surface area contributed by atoms with Crippen LogP contribution in [-0.4, -0.2) is 30.9 Å². The lowest BCUT2D eigenvalue weighted by atomic mass is 10.2. The molecule has 23 heavy (non-hydrogen) atoms. The summed E-state index contributed by atoms with van der Waals surface area (Å²) in [6, 6.07) is 13.9. The maximum atomic E-state index is 12.2. The van der Waals surface area contributed by atoms with E-state index in [1.807, 2.05) is 6.26 Å². The molecule has 2 amide bonds. The van der Waals surface area contributed by atoms with E-state index < -0.39 is 0 Å². The quantitative estimate of drug-likeness (QED) is 0.853. The third-order valence-electron chi connectivity index (χ3n) is 3.05. The summed E-state index contributed by atoms with van der Waals surface area (Å²) in [5.41, 5.74) is 1.88. The minimum absolute atomic E-state index is 0.0621. The van der Waals surface area contributed by atoms with Gasteiger partial charge in [0.05, 0.1) is 12.9 Å². The normalized spacial score (nSPS) is 10.0. The van der Waals surface area contributed by atoms with Gasteiger partial charge < -0.3 is 15.4 Å². The van der Waals surface area contributed by atoms with E-state index in [9.17, 15) is 9.59 Å². The molecule has 2 N–H and O–H groups in total. The van der Waals surface area contributed by atoms with Crippen LogP contribution in [0.5, 0.6) is 5.75 Å². The van der Waals surface area contributed by atoms with Crippen LogP contribution in [0, 0.1) is 0 Å². The number of carbonyl (C=O) groups is 2. The van der Waals surface area contributed by atoms with Gasteiger partial charge in [-0.05, 0) is 54.8 Å². The number of methoxy groups -OCH3 is 1. The monoisotopic (exact) mass is 330 g/mol. The minimum Gasteiger partial charge on any atom is -0.497 e. The third-order valence-corrected chi connectivity index (χ3v) is 3.61. The average Bonchev–Trinajstić information content (AvgIpc) is 2.56. The van der Waals surface area contributed by atoms with Crippen molar-refractivity contribution in [3.63, 3.8) is 0 Å². The largest absolute Gasteiger partial charge is 0.497 e. The molecule has 120 valence electrons. The summed E-state index contributed by atoms with van der Waals surface area (Å²) in [6.45, 7) is 0. The van der Waals surface area contributed by atoms with Crippen molar-refractivity contribution in [3.8, 4) is 5.75 Å². The Balaban J connectivity index is 1.97. The van der Waals surface area contributed by atoms with Crippen molar-refractivity contribution >= 4 is 35.0 Å². The van der Waals surface area contributed by atoms with Gasteiger partial charge in [0, 0.05) is 16.9 Å². The number of benzene rings is 2. The second kappa shape index (κ2) is 8.24. The van der Waals surface area contributed by atoms with E-state index in [2.05, 4.69) is 10.6 Å². The Labute approximate surface area is 139 Å². The summed E-state index contributed by atoms with van der Waals surface area (Å²) in [5.74, 6) is 0.859. The number of thioether (sulfide) groups is 1. The molecule has 0 atom stereocenters. The van der Waals surface area contributed by atoms with Crippen LogP contribution in [-0.2, 0) is 4.79 Å². The van der Waals surface area contributed by atoms with Gasteiger partial charge in [-0.2, -0.15) is 11.8 Å². The Hall–Kier alpha value is -2.47. The van der Waals surface area contributed by atoms with Crippen LogP contribution in [0.15, 0.2) is 48.5 Å². The summed E-state index contributed by atoms with van der Waals surface area (Å²) in [5, 5.41) is 5.57. The topological polar surface area (TPSA) is 67.4 Å². The van der Waals surface area contributed by atoms with Crippen molar-refractivity contribution in [2.24, 2.45) is 0 Å². The Morgan fingerprint density at radius 2 is 1.52 bits per heavy atom. The molecule has 0 aliphatic carbocycles. The predicted octanol–water partition coefficient (Wildman–Crippen LogP) is 3.25. The highest BCUT2D eigenvalue weighted by atomic mass is 32.2. The molecule has 0 aliphatic rings. The molecule has 0 aromatic heterocycles. The van der Waals surface area contributed by atoms with Gasteiger partial charge in [0.1, 0.15) is 5.75 Å². The molecule has 0 unspecified atom stereocenters. The predicted molar refractivity (Wildman–Crippen MR) is 94.4 cm³/mol. The zero-order chi connectivity index (χ0) is 16.7.